The molecule has 0 saturated carbocycles. The van der Waals surface area contributed by atoms with Crippen LogP contribution >= 0.6 is 0 Å². The minimum Gasteiger partial charge on any atom is -0.389 e. The summed E-state index contributed by atoms with van der Waals surface area (Å²) in [6.07, 6.45) is 0.989. The molecule has 0 bridgehead atoms. The summed E-state index contributed by atoms with van der Waals surface area (Å²) < 4.78 is 0. The number of hydrogen-bond acceptors (Lipinski definition) is 3. The predicted molar refractivity (Wildman–Crippen MR) is 73.7 cm³/mol. The van der Waals surface area contributed by atoms with Gasteiger partial charge in [-0.3, -0.25) is 0 Å². The van der Waals surface area contributed by atoms with E-state index in [4.69, 9.17) is 0 Å². The van der Waals surface area contributed by atoms with Crippen LogP contribution < -0.4 is 0 Å². The average Bonchev–Trinajstić information content (AvgIpc) is 2.27. The number of hydrogen-bond donors (Lipinski definition) is 1. The molecule has 0 amide bonds. The lowest BCUT2D eigenvalue weighted by Crippen LogP contribution is -2.44. The van der Waals surface area contributed by atoms with Gasteiger partial charge in [0.15, 0.2) is 0 Å². The van der Waals surface area contributed by atoms with E-state index in [1.54, 1.807) is 13.8 Å². The van der Waals surface area contributed by atoms with Crippen LogP contribution in [0.15, 0.2) is 30.3 Å². The lowest BCUT2D eigenvalue weighted by molar-refractivity contribution is -0.113. The third-order valence-electron chi connectivity index (χ3n) is 2.95. The number of likely N-dealkylation sites (N-methyl/N-ethyl adjacent to an activating group) is 1. The Morgan fingerprint density at radius 2 is 1.72 bits per heavy atom. The minimum absolute atomic E-state index is 0.531. The van der Waals surface area contributed by atoms with Crippen molar-refractivity contribution in [1.29, 1.82) is 0 Å². The first-order valence-corrected chi connectivity index (χ1v) is 6.20. The first-order chi connectivity index (χ1) is 8.27. The molecule has 0 spiro atoms. The van der Waals surface area contributed by atoms with Crippen LogP contribution in [-0.4, -0.2) is 42.0 Å². The lowest BCUT2D eigenvalue weighted by atomic mass is 9.83. The molecular formula is C15H23NO2. The summed E-state index contributed by atoms with van der Waals surface area (Å²) >= 11 is 0. The Hall–Kier alpha value is -1.19. The van der Waals surface area contributed by atoms with Gasteiger partial charge in [-0.05, 0) is 33.4 Å². The molecule has 0 radical (unpaired) electrons. The van der Waals surface area contributed by atoms with Gasteiger partial charge in [-0.2, -0.15) is 0 Å². The van der Waals surface area contributed by atoms with Crippen LogP contribution in [0.4, 0.5) is 0 Å². The molecule has 1 aromatic carbocycles. The third-order valence-corrected chi connectivity index (χ3v) is 2.95. The normalized spacial score (nSPS) is 15.4. The second kappa shape index (κ2) is 5.63. The highest BCUT2D eigenvalue weighted by Crippen LogP contribution is 2.22. The van der Waals surface area contributed by atoms with E-state index in [0.717, 1.165) is 11.8 Å². The van der Waals surface area contributed by atoms with Crippen molar-refractivity contribution in [1.82, 2.24) is 4.90 Å². The smallest absolute Gasteiger partial charge is 0.131 e. The number of carbonyl (C=O) groups is 1. The molecule has 0 saturated heterocycles. The highest BCUT2D eigenvalue weighted by molar-refractivity contribution is 5.68. The van der Waals surface area contributed by atoms with Crippen molar-refractivity contribution in [3.8, 4) is 0 Å². The Bertz CT molecular complexity index is 383. The molecule has 1 aromatic rings. The van der Waals surface area contributed by atoms with Gasteiger partial charge in [0, 0.05) is 13.1 Å². The quantitative estimate of drug-likeness (QED) is 0.782. The summed E-state index contributed by atoms with van der Waals surface area (Å²) in [6.45, 7) is 6.58. The molecule has 18 heavy (non-hydrogen) atoms. The van der Waals surface area contributed by atoms with E-state index in [1.807, 2.05) is 49.2 Å². The van der Waals surface area contributed by atoms with Crippen molar-refractivity contribution in [2.45, 2.75) is 31.8 Å². The molecule has 0 fully saturated rings. The van der Waals surface area contributed by atoms with Crippen molar-refractivity contribution >= 4 is 6.29 Å². The van der Waals surface area contributed by atoms with Crippen molar-refractivity contribution in [3.63, 3.8) is 0 Å². The Morgan fingerprint density at radius 3 is 2.17 bits per heavy atom. The second-order valence-corrected chi connectivity index (χ2v) is 5.89. The van der Waals surface area contributed by atoms with Crippen molar-refractivity contribution in [2.75, 3.05) is 20.1 Å². The maximum Gasteiger partial charge on any atom is 0.131 e. The zero-order chi connectivity index (χ0) is 13.8. The fourth-order valence-electron chi connectivity index (χ4n) is 2.29. The molecule has 1 unspecified atom stereocenters. The number of carbonyl (C=O) groups excluding carboxylic acids is 1. The van der Waals surface area contributed by atoms with Crippen molar-refractivity contribution < 1.29 is 9.90 Å². The maximum atomic E-state index is 11.4. The van der Waals surface area contributed by atoms with E-state index in [-0.39, 0.29) is 0 Å². The van der Waals surface area contributed by atoms with Crippen molar-refractivity contribution in [2.24, 2.45) is 0 Å². The molecule has 3 heteroatoms. The van der Waals surface area contributed by atoms with E-state index in [0.29, 0.717) is 13.1 Å². The number of aliphatic hydroxyl groups is 1. The Balaban J connectivity index is 2.81. The summed E-state index contributed by atoms with van der Waals surface area (Å²) in [5.74, 6) is 0. The molecule has 3 nitrogen and oxygen atoms in total. The second-order valence-electron chi connectivity index (χ2n) is 5.89. The average molecular weight is 249 g/mol. The molecule has 1 N–H and O–H groups in total. The molecule has 100 valence electrons. The molecule has 0 aliphatic heterocycles. The zero-order valence-electron chi connectivity index (χ0n) is 11.7. The van der Waals surface area contributed by atoms with Crippen molar-refractivity contribution in [3.05, 3.63) is 35.9 Å². The molecule has 1 rings (SSSR count). The fourth-order valence-corrected chi connectivity index (χ4v) is 2.29. The van der Waals surface area contributed by atoms with Gasteiger partial charge in [-0.25, -0.2) is 0 Å². The van der Waals surface area contributed by atoms with Crippen LogP contribution in [0.25, 0.3) is 0 Å². The van der Waals surface area contributed by atoms with Crippen LogP contribution in [0.5, 0.6) is 0 Å². The number of nitrogens with zero attached hydrogens (tertiary/aromatic N) is 1. The van der Waals surface area contributed by atoms with Gasteiger partial charge in [-0.15, -0.1) is 0 Å². The van der Waals surface area contributed by atoms with E-state index in [2.05, 4.69) is 0 Å². The Morgan fingerprint density at radius 1 is 1.17 bits per heavy atom. The van der Waals surface area contributed by atoms with Gasteiger partial charge in [0.2, 0.25) is 0 Å². The van der Waals surface area contributed by atoms with E-state index >= 15 is 0 Å². The van der Waals surface area contributed by atoms with Gasteiger partial charge >= 0.3 is 0 Å². The zero-order valence-corrected chi connectivity index (χ0v) is 11.7. The molecule has 0 heterocycles. The van der Waals surface area contributed by atoms with Gasteiger partial charge < -0.3 is 14.8 Å². The summed E-state index contributed by atoms with van der Waals surface area (Å²) in [7, 11) is 1.92. The lowest BCUT2D eigenvalue weighted by Gasteiger charge is -2.32. The van der Waals surface area contributed by atoms with Crippen LogP contribution in [0.3, 0.4) is 0 Å². The highest BCUT2D eigenvalue weighted by atomic mass is 16.3. The summed E-state index contributed by atoms with van der Waals surface area (Å²) in [5, 5.41) is 9.80. The summed E-state index contributed by atoms with van der Waals surface area (Å²) in [6, 6.07) is 9.74. The molecule has 0 aliphatic carbocycles. The van der Waals surface area contributed by atoms with Crippen LogP contribution in [0.1, 0.15) is 26.3 Å². The topological polar surface area (TPSA) is 40.5 Å². The minimum atomic E-state index is -0.755. The van der Waals surface area contributed by atoms with Gasteiger partial charge in [-0.1, -0.05) is 30.3 Å². The SMILES string of the molecule is CN(CC(C)(C)O)CC(C)(C=O)c1ccccc1. The van der Waals surface area contributed by atoms with Crippen LogP contribution in [-0.2, 0) is 10.2 Å². The largest absolute Gasteiger partial charge is 0.389 e. The van der Waals surface area contributed by atoms with Crippen LogP contribution in [0.2, 0.25) is 0 Å². The molecule has 0 aromatic heterocycles. The third kappa shape index (κ3) is 4.24. The summed E-state index contributed by atoms with van der Waals surface area (Å²) in [5.41, 5.74) is -0.293. The van der Waals surface area contributed by atoms with Gasteiger partial charge in [0.1, 0.15) is 6.29 Å². The Labute approximate surface area is 109 Å². The fraction of sp³-hybridized carbons (Fsp3) is 0.533. The monoisotopic (exact) mass is 249 g/mol. The van der Waals surface area contributed by atoms with Crippen LogP contribution in [0, 0.1) is 0 Å². The molecule has 0 aliphatic rings. The van der Waals surface area contributed by atoms with Gasteiger partial charge in [0.05, 0.1) is 11.0 Å². The first kappa shape index (κ1) is 14.9. The van der Waals surface area contributed by atoms with Gasteiger partial charge in [0.25, 0.3) is 0 Å². The standard InChI is InChI=1S/C15H23NO2/c1-14(2,18)10-16(4)11-15(3,12-17)13-8-6-5-7-9-13/h5-9,12,18H,10-11H2,1-4H3. The predicted octanol–water partition coefficient (Wildman–Crippen LogP) is 1.85. The molecular weight excluding hydrogens is 226 g/mol. The first-order valence-electron chi connectivity index (χ1n) is 6.20. The molecule has 1 atom stereocenters. The Kier molecular flexibility index (Phi) is 4.65. The number of rotatable bonds is 6. The maximum absolute atomic E-state index is 11.4. The summed E-state index contributed by atoms with van der Waals surface area (Å²) in [4.78, 5) is 13.4. The number of benzene rings is 1. The van der Waals surface area contributed by atoms with E-state index in [1.165, 1.54) is 0 Å². The van der Waals surface area contributed by atoms with E-state index < -0.39 is 11.0 Å². The van der Waals surface area contributed by atoms with E-state index in [9.17, 15) is 9.90 Å². The highest BCUT2D eigenvalue weighted by Gasteiger charge is 2.29. The number of aldehydes is 1.